The highest BCUT2D eigenvalue weighted by molar-refractivity contribution is 9.11. The maximum absolute atomic E-state index is 4.27. The lowest BCUT2D eigenvalue weighted by Crippen LogP contribution is -2.10. The summed E-state index contributed by atoms with van der Waals surface area (Å²) in [6.07, 6.45) is 2.65. The number of para-hydroxylation sites is 1. The van der Waals surface area contributed by atoms with Gasteiger partial charge in [0, 0.05) is 15.5 Å². The lowest BCUT2D eigenvalue weighted by Gasteiger charge is -2.11. The van der Waals surface area contributed by atoms with Crippen molar-refractivity contribution in [2.24, 2.45) is 0 Å². The fourth-order valence-electron chi connectivity index (χ4n) is 1.66. The number of aryl methyl sites for hydroxylation is 1. The van der Waals surface area contributed by atoms with Gasteiger partial charge < -0.3 is 5.32 Å². The Morgan fingerprint density at radius 2 is 2.00 bits per heavy atom. The molecule has 1 aromatic heterocycles. The van der Waals surface area contributed by atoms with Crippen LogP contribution in [0.5, 0.6) is 0 Å². The smallest absolute Gasteiger partial charge is 0.146 e. The monoisotopic (exact) mass is 372 g/mol. The molecular formula is C12H14Br2N4. The molecular weight excluding hydrogens is 360 g/mol. The molecule has 0 atom stereocenters. The first-order valence-electron chi connectivity index (χ1n) is 5.77. The molecule has 0 radical (unpaired) electrons. The van der Waals surface area contributed by atoms with E-state index in [-0.39, 0.29) is 0 Å². The van der Waals surface area contributed by atoms with Gasteiger partial charge in [-0.1, -0.05) is 13.0 Å². The zero-order valence-corrected chi connectivity index (χ0v) is 13.2. The Kier molecular flexibility index (Phi) is 4.77. The van der Waals surface area contributed by atoms with Gasteiger partial charge in [0.2, 0.25) is 0 Å². The SMILES string of the molecule is CCCn1ncnc1CNc1c(Br)cccc1Br. The molecule has 0 bridgehead atoms. The minimum absolute atomic E-state index is 0.654. The molecule has 96 valence electrons. The molecule has 1 aromatic carbocycles. The van der Waals surface area contributed by atoms with Gasteiger partial charge in [0.05, 0.1) is 12.2 Å². The fraction of sp³-hybridized carbons (Fsp3) is 0.333. The molecule has 0 saturated carbocycles. The van der Waals surface area contributed by atoms with Crippen LogP contribution in [0, 0.1) is 0 Å². The molecule has 18 heavy (non-hydrogen) atoms. The van der Waals surface area contributed by atoms with Gasteiger partial charge in [0.15, 0.2) is 0 Å². The van der Waals surface area contributed by atoms with Gasteiger partial charge >= 0.3 is 0 Å². The Hall–Kier alpha value is -0.880. The topological polar surface area (TPSA) is 42.7 Å². The van der Waals surface area contributed by atoms with Crippen molar-refractivity contribution in [3.05, 3.63) is 39.3 Å². The molecule has 2 aromatic rings. The summed E-state index contributed by atoms with van der Waals surface area (Å²) in [5.74, 6) is 0.944. The third-order valence-electron chi connectivity index (χ3n) is 2.52. The predicted octanol–water partition coefficient (Wildman–Crippen LogP) is 3.83. The first kappa shape index (κ1) is 13.5. The first-order chi connectivity index (χ1) is 8.72. The Bertz CT molecular complexity index is 504. The highest BCUT2D eigenvalue weighted by Crippen LogP contribution is 2.30. The molecule has 0 aliphatic rings. The van der Waals surface area contributed by atoms with Crippen LogP contribution in [0.3, 0.4) is 0 Å². The first-order valence-corrected chi connectivity index (χ1v) is 7.35. The highest BCUT2D eigenvalue weighted by atomic mass is 79.9. The molecule has 0 aliphatic carbocycles. The third kappa shape index (κ3) is 3.11. The number of hydrogen-bond acceptors (Lipinski definition) is 3. The number of benzene rings is 1. The molecule has 0 fully saturated rings. The van der Waals surface area contributed by atoms with Gasteiger partial charge in [-0.15, -0.1) is 0 Å². The average molecular weight is 374 g/mol. The van der Waals surface area contributed by atoms with Crippen molar-refractivity contribution in [2.75, 3.05) is 5.32 Å². The van der Waals surface area contributed by atoms with Crippen molar-refractivity contribution in [3.8, 4) is 0 Å². The third-order valence-corrected chi connectivity index (χ3v) is 3.84. The van der Waals surface area contributed by atoms with Crippen molar-refractivity contribution in [1.82, 2.24) is 14.8 Å². The van der Waals surface area contributed by atoms with Gasteiger partial charge in [0.25, 0.3) is 0 Å². The number of nitrogens with one attached hydrogen (secondary N) is 1. The van der Waals surface area contributed by atoms with E-state index in [4.69, 9.17) is 0 Å². The number of aromatic nitrogens is 3. The number of anilines is 1. The number of hydrogen-bond donors (Lipinski definition) is 1. The summed E-state index contributed by atoms with van der Waals surface area (Å²) in [6.45, 7) is 3.68. The summed E-state index contributed by atoms with van der Waals surface area (Å²) in [5.41, 5.74) is 1.03. The molecule has 0 amide bonds. The maximum Gasteiger partial charge on any atom is 0.146 e. The highest BCUT2D eigenvalue weighted by Gasteiger charge is 2.07. The van der Waals surface area contributed by atoms with Gasteiger partial charge in [-0.3, -0.25) is 0 Å². The summed E-state index contributed by atoms with van der Waals surface area (Å²) in [6, 6.07) is 5.99. The lowest BCUT2D eigenvalue weighted by molar-refractivity contribution is 0.574. The molecule has 0 spiro atoms. The van der Waals surface area contributed by atoms with E-state index >= 15 is 0 Å². The molecule has 0 saturated heterocycles. The summed E-state index contributed by atoms with van der Waals surface area (Å²) in [5, 5.41) is 7.57. The predicted molar refractivity (Wildman–Crippen MR) is 79.5 cm³/mol. The number of rotatable bonds is 5. The van der Waals surface area contributed by atoms with Crippen LogP contribution in [0.2, 0.25) is 0 Å². The minimum Gasteiger partial charge on any atom is -0.376 e. The van der Waals surface area contributed by atoms with Crippen LogP contribution >= 0.6 is 31.9 Å². The van der Waals surface area contributed by atoms with E-state index in [0.29, 0.717) is 6.54 Å². The number of nitrogens with zero attached hydrogens (tertiary/aromatic N) is 3. The van der Waals surface area contributed by atoms with E-state index in [1.54, 1.807) is 6.33 Å². The summed E-state index contributed by atoms with van der Waals surface area (Å²) in [7, 11) is 0. The van der Waals surface area contributed by atoms with Crippen LogP contribution in [-0.4, -0.2) is 14.8 Å². The maximum atomic E-state index is 4.27. The van der Waals surface area contributed by atoms with Gasteiger partial charge in [-0.05, 0) is 50.4 Å². The zero-order chi connectivity index (χ0) is 13.0. The van der Waals surface area contributed by atoms with E-state index in [1.165, 1.54) is 0 Å². The largest absolute Gasteiger partial charge is 0.376 e. The van der Waals surface area contributed by atoms with Crippen LogP contribution < -0.4 is 5.32 Å². The van der Waals surface area contributed by atoms with E-state index in [2.05, 4.69) is 54.2 Å². The number of halogens is 2. The molecule has 6 heteroatoms. The second-order valence-corrected chi connectivity index (χ2v) is 5.56. The fourth-order valence-corrected chi connectivity index (χ4v) is 2.94. The standard InChI is InChI=1S/C12H14Br2N4/c1-2-6-18-11(16-8-17-18)7-15-12-9(13)4-3-5-10(12)14/h3-5,8,15H,2,6-7H2,1H3. The van der Waals surface area contributed by atoms with E-state index in [0.717, 1.165) is 33.4 Å². The van der Waals surface area contributed by atoms with Crippen LogP contribution in [0.1, 0.15) is 19.2 Å². The molecule has 4 nitrogen and oxygen atoms in total. The van der Waals surface area contributed by atoms with E-state index in [1.807, 2.05) is 22.9 Å². The van der Waals surface area contributed by atoms with Gasteiger partial charge in [0.1, 0.15) is 12.2 Å². The Morgan fingerprint density at radius 1 is 1.28 bits per heavy atom. The molecule has 2 rings (SSSR count). The van der Waals surface area contributed by atoms with Crippen LogP contribution in [0.25, 0.3) is 0 Å². The molecule has 1 N–H and O–H groups in total. The molecule has 1 heterocycles. The van der Waals surface area contributed by atoms with Crippen LogP contribution in [-0.2, 0) is 13.1 Å². The van der Waals surface area contributed by atoms with Crippen molar-refractivity contribution in [3.63, 3.8) is 0 Å². The Morgan fingerprint density at radius 3 is 2.67 bits per heavy atom. The second-order valence-electron chi connectivity index (χ2n) is 3.85. The summed E-state index contributed by atoms with van der Waals surface area (Å²) in [4.78, 5) is 4.27. The van der Waals surface area contributed by atoms with Crippen LogP contribution in [0.4, 0.5) is 5.69 Å². The second kappa shape index (κ2) is 6.33. The minimum atomic E-state index is 0.654. The Labute approximate surface area is 123 Å². The van der Waals surface area contributed by atoms with E-state index in [9.17, 15) is 0 Å². The van der Waals surface area contributed by atoms with Crippen molar-refractivity contribution in [2.45, 2.75) is 26.4 Å². The van der Waals surface area contributed by atoms with E-state index < -0.39 is 0 Å². The lowest BCUT2D eigenvalue weighted by atomic mass is 10.3. The average Bonchev–Trinajstić information content (AvgIpc) is 2.77. The molecule has 0 aliphatic heterocycles. The van der Waals surface area contributed by atoms with Crippen LogP contribution in [0.15, 0.2) is 33.5 Å². The van der Waals surface area contributed by atoms with Crippen molar-refractivity contribution in [1.29, 1.82) is 0 Å². The van der Waals surface area contributed by atoms with Gasteiger partial charge in [-0.25, -0.2) is 9.67 Å². The zero-order valence-electron chi connectivity index (χ0n) is 10.0. The summed E-state index contributed by atoms with van der Waals surface area (Å²) >= 11 is 7.05. The van der Waals surface area contributed by atoms with Gasteiger partial charge in [-0.2, -0.15) is 5.10 Å². The Balaban J connectivity index is 2.09. The van der Waals surface area contributed by atoms with Crippen molar-refractivity contribution >= 4 is 37.5 Å². The normalized spacial score (nSPS) is 10.6. The molecule has 0 unspecified atom stereocenters. The quantitative estimate of drug-likeness (QED) is 0.866. The summed E-state index contributed by atoms with van der Waals surface area (Å²) < 4.78 is 3.98. The van der Waals surface area contributed by atoms with Crippen molar-refractivity contribution < 1.29 is 0 Å².